The molecule has 1 atom stereocenters. The summed E-state index contributed by atoms with van der Waals surface area (Å²) in [7, 11) is 1.99. The molecule has 0 aliphatic carbocycles. The minimum atomic E-state index is -0.168. The molecule has 1 N–H and O–H groups in total. The molecule has 0 saturated heterocycles. The van der Waals surface area contributed by atoms with Gasteiger partial charge in [0, 0.05) is 0 Å². The molecule has 1 unspecified atom stereocenters. The lowest BCUT2D eigenvalue weighted by Crippen LogP contribution is -2.22. The molecular weight excluding hydrogens is 261 g/mol. The molecule has 0 aliphatic rings. The van der Waals surface area contributed by atoms with Gasteiger partial charge in [0.1, 0.15) is 5.82 Å². The van der Waals surface area contributed by atoms with E-state index >= 15 is 0 Å². The highest BCUT2D eigenvalue weighted by atomic mass is 19.1. The van der Waals surface area contributed by atoms with Crippen LogP contribution in [-0.2, 0) is 12.8 Å². The highest BCUT2D eigenvalue weighted by molar-refractivity contribution is 5.29. The summed E-state index contributed by atoms with van der Waals surface area (Å²) in [6, 6.07) is 13.6. The van der Waals surface area contributed by atoms with Crippen LogP contribution in [0.15, 0.2) is 42.5 Å². The van der Waals surface area contributed by atoms with E-state index < -0.39 is 0 Å². The average molecular weight is 285 g/mol. The maximum absolute atomic E-state index is 13.0. The molecule has 0 radical (unpaired) electrons. The maximum Gasteiger partial charge on any atom is 0.123 e. The van der Waals surface area contributed by atoms with Crippen molar-refractivity contribution in [2.24, 2.45) is 5.92 Å². The van der Waals surface area contributed by atoms with Crippen molar-refractivity contribution in [3.8, 4) is 0 Å². The van der Waals surface area contributed by atoms with Crippen molar-refractivity contribution in [1.82, 2.24) is 5.32 Å². The summed E-state index contributed by atoms with van der Waals surface area (Å²) < 4.78 is 13.0. The summed E-state index contributed by atoms with van der Waals surface area (Å²) in [5.41, 5.74) is 5.21. The van der Waals surface area contributed by atoms with Crippen molar-refractivity contribution >= 4 is 0 Å². The minimum absolute atomic E-state index is 0.168. The second-order valence-electron chi connectivity index (χ2n) is 5.95. The van der Waals surface area contributed by atoms with Crippen LogP contribution in [0.2, 0.25) is 0 Å². The Morgan fingerprint density at radius 1 is 0.905 bits per heavy atom. The Labute approximate surface area is 127 Å². The molecule has 0 fully saturated rings. The fraction of sp³-hybridized carbons (Fsp3) is 0.368. The van der Waals surface area contributed by atoms with Gasteiger partial charge in [-0.1, -0.05) is 41.5 Å². The lowest BCUT2D eigenvalue weighted by Gasteiger charge is -2.17. The summed E-state index contributed by atoms with van der Waals surface area (Å²) in [6.07, 6.45) is 2.01. The number of hydrogen-bond donors (Lipinski definition) is 1. The zero-order valence-corrected chi connectivity index (χ0v) is 13.1. The van der Waals surface area contributed by atoms with E-state index in [2.05, 4.69) is 37.4 Å². The van der Waals surface area contributed by atoms with E-state index in [0.29, 0.717) is 5.92 Å². The molecule has 1 nitrogen and oxygen atoms in total. The van der Waals surface area contributed by atoms with Crippen LogP contribution in [0.3, 0.4) is 0 Å². The van der Waals surface area contributed by atoms with Gasteiger partial charge in [-0.05, 0) is 69.5 Å². The second-order valence-corrected chi connectivity index (χ2v) is 5.95. The zero-order valence-electron chi connectivity index (χ0n) is 13.1. The summed E-state index contributed by atoms with van der Waals surface area (Å²) in [6.45, 7) is 5.25. The van der Waals surface area contributed by atoms with E-state index in [0.717, 1.165) is 19.4 Å². The molecule has 0 aromatic heterocycles. The smallest absolute Gasteiger partial charge is 0.123 e. The van der Waals surface area contributed by atoms with Crippen molar-refractivity contribution in [3.63, 3.8) is 0 Å². The molecule has 112 valence electrons. The van der Waals surface area contributed by atoms with Crippen molar-refractivity contribution in [2.75, 3.05) is 13.6 Å². The molecule has 0 bridgehead atoms. The van der Waals surface area contributed by atoms with Crippen LogP contribution < -0.4 is 5.32 Å². The Morgan fingerprint density at radius 2 is 1.48 bits per heavy atom. The number of benzene rings is 2. The highest BCUT2D eigenvalue weighted by Gasteiger charge is 2.11. The van der Waals surface area contributed by atoms with Gasteiger partial charge in [0.05, 0.1) is 0 Å². The number of hydrogen-bond acceptors (Lipinski definition) is 1. The number of nitrogens with one attached hydrogen (secondary N) is 1. The van der Waals surface area contributed by atoms with Crippen LogP contribution >= 0.6 is 0 Å². The summed E-state index contributed by atoms with van der Waals surface area (Å²) in [4.78, 5) is 0. The first-order valence-corrected chi connectivity index (χ1v) is 7.53. The average Bonchev–Trinajstić information content (AvgIpc) is 2.40. The molecule has 2 rings (SSSR count). The summed E-state index contributed by atoms with van der Waals surface area (Å²) >= 11 is 0. The molecule has 0 amide bonds. The van der Waals surface area contributed by atoms with Crippen molar-refractivity contribution in [3.05, 3.63) is 70.5 Å². The van der Waals surface area contributed by atoms with Crippen LogP contribution in [0.4, 0.5) is 4.39 Å². The lowest BCUT2D eigenvalue weighted by atomic mass is 9.91. The second kappa shape index (κ2) is 7.37. The van der Waals surface area contributed by atoms with E-state index in [9.17, 15) is 4.39 Å². The van der Waals surface area contributed by atoms with Gasteiger partial charge < -0.3 is 5.32 Å². The van der Waals surface area contributed by atoms with Gasteiger partial charge in [0.15, 0.2) is 0 Å². The van der Waals surface area contributed by atoms with Crippen LogP contribution in [0.25, 0.3) is 0 Å². The monoisotopic (exact) mass is 285 g/mol. The van der Waals surface area contributed by atoms with Crippen LogP contribution in [0.1, 0.15) is 22.3 Å². The molecular formula is C19H24FN. The Kier molecular flexibility index (Phi) is 5.51. The molecule has 21 heavy (non-hydrogen) atoms. The standard InChI is InChI=1S/C19H24FN/c1-14-8-15(2)10-17(9-14)12-18(13-21-3)11-16-4-6-19(20)7-5-16/h4-10,18,21H,11-13H2,1-3H3. The van der Waals surface area contributed by atoms with E-state index in [1.165, 1.54) is 22.3 Å². The van der Waals surface area contributed by atoms with Crippen molar-refractivity contribution in [2.45, 2.75) is 26.7 Å². The maximum atomic E-state index is 13.0. The van der Waals surface area contributed by atoms with Gasteiger partial charge in [0.2, 0.25) is 0 Å². The molecule has 2 aromatic rings. The third kappa shape index (κ3) is 4.98. The molecule has 2 heteroatoms. The first-order valence-electron chi connectivity index (χ1n) is 7.53. The Bertz CT molecular complexity index is 554. The van der Waals surface area contributed by atoms with Gasteiger partial charge in [-0.3, -0.25) is 0 Å². The van der Waals surface area contributed by atoms with E-state index in [1.54, 1.807) is 12.1 Å². The van der Waals surface area contributed by atoms with E-state index in [4.69, 9.17) is 0 Å². The third-order valence-electron chi connectivity index (χ3n) is 3.74. The predicted molar refractivity (Wildman–Crippen MR) is 87.1 cm³/mol. The van der Waals surface area contributed by atoms with Gasteiger partial charge in [-0.15, -0.1) is 0 Å². The number of rotatable bonds is 6. The highest BCUT2D eigenvalue weighted by Crippen LogP contribution is 2.17. The number of halogens is 1. The van der Waals surface area contributed by atoms with E-state index in [-0.39, 0.29) is 5.82 Å². The normalized spacial score (nSPS) is 12.4. The molecule has 0 spiro atoms. The SMILES string of the molecule is CNCC(Cc1ccc(F)cc1)Cc1cc(C)cc(C)c1. The zero-order chi connectivity index (χ0) is 15.2. The van der Waals surface area contributed by atoms with Gasteiger partial charge in [0.25, 0.3) is 0 Å². The lowest BCUT2D eigenvalue weighted by molar-refractivity contribution is 0.492. The summed E-state index contributed by atoms with van der Waals surface area (Å²) in [5, 5.41) is 3.27. The fourth-order valence-corrected chi connectivity index (χ4v) is 2.98. The van der Waals surface area contributed by atoms with Gasteiger partial charge in [-0.2, -0.15) is 0 Å². The fourth-order valence-electron chi connectivity index (χ4n) is 2.98. The van der Waals surface area contributed by atoms with Crippen LogP contribution in [0, 0.1) is 25.6 Å². The molecule has 0 aliphatic heterocycles. The van der Waals surface area contributed by atoms with E-state index in [1.807, 2.05) is 19.2 Å². The third-order valence-corrected chi connectivity index (χ3v) is 3.74. The Balaban J connectivity index is 2.09. The van der Waals surface area contributed by atoms with Crippen LogP contribution in [0.5, 0.6) is 0 Å². The predicted octanol–water partition coefficient (Wildman–Crippen LogP) is 4.06. The van der Waals surface area contributed by atoms with Gasteiger partial charge >= 0.3 is 0 Å². The largest absolute Gasteiger partial charge is 0.319 e. The first kappa shape index (κ1) is 15.7. The van der Waals surface area contributed by atoms with Crippen molar-refractivity contribution < 1.29 is 4.39 Å². The van der Waals surface area contributed by atoms with Gasteiger partial charge in [-0.25, -0.2) is 4.39 Å². The first-order chi connectivity index (χ1) is 10.1. The van der Waals surface area contributed by atoms with Crippen LogP contribution in [-0.4, -0.2) is 13.6 Å². The number of aryl methyl sites for hydroxylation is 2. The quantitative estimate of drug-likeness (QED) is 0.844. The van der Waals surface area contributed by atoms with Crippen molar-refractivity contribution in [1.29, 1.82) is 0 Å². The Morgan fingerprint density at radius 3 is 2.05 bits per heavy atom. The molecule has 0 saturated carbocycles. The Hall–Kier alpha value is -1.67. The molecule has 0 heterocycles. The minimum Gasteiger partial charge on any atom is -0.319 e. The topological polar surface area (TPSA) is 12.0 Å². The molecule has 2 aromatic carbocycles. The summed E-state index contributed by atoms with van der Waals surface area (Å²) in [5.74, 6) is 0.347.